The second kappa shape index (κ2) is 10.9. The summed E-state index contributed by atoms with van der Waals surface area (Å²) >= 11 is 0. The first-order chi connectivity index (χ1) is 17.2. The van der Waals surface area contributed by atoms with Crippen molar-refractivity contribution in [1.29, 1.82) is 0 Å². The van der Waals surface area contributed by atoms with Crippen molar-refractivity contribution in [3.05, 3.63) is 84.9 Å². The molecule has 0 aliphatic carbocycles. The third-order valence-electron chi connectivity index (χ3n) is 6.95. The van der Waals surface area contributed by atoms with Crippen LogP contribution in [0.3, 0.4) is 0 Å². The average molecular weight is 524 g/mol. The Hall–Kier alpha value is -2.49. The van der Waals surface area contributed by atoms with E-state index in [1.807, 2.05) is 12.1 Å². The molecule has 2 N–H and O–H groups in total. The number of hydrogen-bond donors (Lipinski definition) is 2. The van der Waals surface area contributed by atoms with Gasteiger partial charge in [0, 0.05) is 31.4 Å². The molecule has 36 heavy (non-hydrogen) atoms. The third-order valence-corrected chi connectivity index (χ3v) is 13.4. The van der Waals surface area contributed by atoms with Gasteiger partial charge in [-0.2, -0.15) is 0 Å². The summed E-state index contributed by atoms with van der Waals surface area (Å²) in [6, 6.07) is 28.6. The molecule has 1 aliphatic heterocycles. The summed E-state index contributed by atoms with van der Waals surface area (Å²) in [5.74, 6) is 0. The van der Waals surface area contributed by atoms with Gasteiger partial charge in [-0.25, -0.2) is 13.1 Å². The highest BCUT2D eigenvalue weighted by molar-refractivity contribution is 7.89. The van der Waals surface area contributed by atoms with E-state index in [9.17, 15) is 8.42 Å². The zero-order valence-corrected chi connectivity index (χ0v) is 23.4. The smallest absolute Gasteiger partial charge is 0.261 e. The Labute approximate surface area is 216 Å². The first-order valence-corrected chi connectivity index (χ1v) is 15.8. The van der Waals surface area contributed by atoms with E-state index in [4.69, 9.17) is 4.43 Å². The number of rotatable bonds is 8. The van der Waals surface area contributed by atoms with Crippen LogP contribution >= 0.6 is 0 Å². The van der Waals surface area contributed by atoms with E-state index in [0.29, 0.717) is 6.61 Å². The molecule has 1 atom stereocenters. The summed E-state index contributed by atoms with van der Waals surface area (Å²) in [5, 5.41) is 6.12. The van der Waals surface area contributed by atoms with E-state index in [2.05, 4.69) is 96.4 Å². The number of nitrogens with zero attached hydrogens (tertiary/aromatic N) is 1. The van der Waals surface area contributed by atoms with Gasteiger partial charge in [-0.05, 0) is 46.7 Å². The van der Waals surface area contributed by atoms with Crippen molar-refractivity contribution in [2.75, 3.05) is 38.2 Å². The average Bonchev–Trinajstić information content (AvgIpc) is 2.90. The molecule has 6 nitrogen and oxygen atoms in total. The van der Waals surface area contributed by atoms with Gasteiger partial charge in [0.25, 0.3) is 8.32 Å². The fourth-order valence-corrected chi connectivity index (χ4v) is 10.4. The Balaban J connectivity index is 1.57. The molecule has 0 aromatic heterocycles. The molecule has 3 aromatic carbocycles. The van der Waals surface area contributed by atoms with Crippen LogP contribution in [-0.2, 0) is 14.4 Å². The minimum absolute atomic E-state index is 0.0707. The summed E-state index contributed by atoms with van der Waals surface area (Å²) in [5.41, 5.74) is 1.02. The molecule has 192 valence electrons. The fraction of sp³-hybridized carbons (Fsp3) is 0.357. The molecule has 0 bridgehead atoms. The van der Waals surface area contributed by atoms with Crippen LogP contribution in [0.5, 0.6) is 0 Å². The lowest BCUT2D eigenvalue weighted by atomic mass is 10.2. The highest BCUT2D eigenvalue weighted by atomic mass is 32.2. The van der Waals surface area contributed by atoms with E-state index < -0.39 is 18.3 Å². The van der Waals surface area contributed by atoms with Crippen LogP contribution in [0.15, 0.2) is 89.8 Å². The van der Waals surface area contributed by atoms with Crippen molar-refractivity contribution in [3.8, 4) is 0 Å². The van der Waals surface area contributed by atoms with E-state index >= 15 is 0 Å². The van der Waals surface area contributed by atoms with Crippen LogP contribution in [0, 0.1) is 0 Å². The molecule has 0 saturated carbocycles. The topological polar surface area (TPSA) is 70.7 Å². The van der Waals surface area contributed by atoms with Crippen molar-refractivity contribution in [1.82, 2.24) is 10.0 Å². The van der Waals surface area contributed by atoms with E-state index in [-0.39, 0.29) is 16.0 Å². The summed E-state index contributed by atoms with van der Waals surface area (Å²) in [6.45, 7) is 9.95. The predicted octanol–water partition coefficient (Wildman–Crippen LogP) is 2.95. The quantitative estimate of drug-likeness (QED) is 0.445. The van der Waals surface area contributed by atoms with Gasteiger partial charge in [0.2, 0.25) is 10.0 Å². The Kier molecular flexibility index (Phi) is 8.02. The maximum absolute atomic E-state index is 12.1. The van der Waals surface area contributed by atoms with Gasteiger partial charge < -0.3 is 14.6 Å². The number of benzene rings is 3. The predicted molar refractivity (Wildman–Crippen MR) is 150 cm³/mol. The number of sulfonamides is 1. The molecule has 1 fully saturated rings. The van der Waals surface area contributed by atoms with E-state index in [1.54, 1.807) is 12.1 Å². The Morgan fingerprint density at radius 3 is 2.00 bits per heavy atom. The summed E-state index contributed by atoms with van der Waals surface area (Å²) in [4.78, 5) is 2.57. The molecule has 3 aromatic rings. The van der Waals surface area contributed by atoms with Gasteiger partial charge in [0.05, 0.1) is 11.5 Å². The van der Waals surface area contributed by atoms with Crippen LogP contribution in [0.4, 0.5) is 5.69 Å². The number of piperazine rings is 1. The largest absolute Gasteiger partial charge is 0.406 e. The minimum Gasteiger partial charge on any atom is -0.406 e. The normalized spacial score (nSPS) is 17.2. The van der Waals surface area contributed by atoms with Gasteiger partial charge in [0.1, 0.15) is 0 Å². The maximum atomic E-state index is 12.1. The lowest BCUT2D eigenvalue weighted by Gasteiger charge is -2.44. The number of nitrogens with one attached hydrogen (secondary N) is 2. The van der Waals surface area contributed by atoms with Crippen molar-refractivity contribution in [3.63, 3.8) is 0 Å². The van der Waals surface area contributed by atoms with Gasteiger partial charge in [-0.1, -0.05) is 81.4 Å². The van der Waals surface area contributed by atoms with Crippen LogP contribution in [0.2, 0.25) is 5.04 Å². The Bertz CT molecular complexity index is 1190. The molecule has 0 radical (unpaired) electrons. The number of anilines is 1. The third kappa shape index (κ3) is 5.43. The Morgan fingerprint density at radius 2 is 1.50 bits per heavy atom. The fourth-order valence-electron chi connectivity index (χ4n) is 5.11. The van der Waals surface area contributed by atoms with E-state index in [1.165, 1.54) is 17.4 Å². The van der Waals surface area contributed by atoms with Crippen LogP contribution < -0.4 is 25.3 Å². The standard InChI is InChI=1S/C28H37N3O3SSi/c1-28(2,3)36(26-11-7-5-8-12-26,27-13-9-6-10-14-27)34-22-23-21-31(20-19-30-23)24-15-17-25(18-16-24)35(32,33)29-4/h5-18,23,29-30H,19-22H2,1-4H3/t23-/m0/s1. The lowest BCUT2D eigenvalue weighted by Crippen LogP contribution is -2.68. The van der Waals surface area contributed by atoms with Crippen LogP contribution in [0.25, 0.3) is 0 Å². The molecule has 1 saturated heterocycles. The van der Waals surface area contributed by atoms with Gasteiger partial charge in [0.15, 0.2) is 0 Å². The summed E-state index contributed by atoms with van der Waals surface area (Å²) < 4.78 is 33.7. The van der Waals surface area contributed by atoms with Crippen molar-refractivity contribution in [2.45, 2.75) is 36.7 Å². The summed E-state index contributed by atoms with van der Waals surface area (Å²) in [6.07, 6.45) is 0. The molecule has 0 spiro atoms. The first kappa shape index (κ1) is 26.6. The monoisotopic (exact) mass is 523 g/mol. The van der Waals surface area contributed by atoms with Crippen molar-refractivity contribution < 1.29 is 12.8 Å². The number of hydrogen-bond acceptors (Lipinski definition) is 5. The zero-order valence-electron chi connectivity index (χ0n) is 21.6. The van der Waals surface area contributed by atoms with Crippen molar-refractivity contribution >= 4 is 34.4 Å². The van der Waals surface area contributed by atoms with Crippen molar-refractivity contribution in [2.24, 2.45) is 0 Å². The summed E-state index contributed by atoms with van der Waals surface area (Å²) in [7, 11) is -4.62. The molecule has 1 aliphatic rings. The molecule has 4 rings (SSSR count). The first-order valence-electron chi connectivity index (χ1n) is 12.4. The van der Waals surface area contributed by atoms with Gasteiger partial charge >= 0.3 is 0 Å². The highest BCUT2D eigenvalue weighted by Gasteiger charge is 2.50. The highest BCUT2D eigenvalue weighted by Crippen LogP contribution is 2.37. The maximum Gasteiger partial charge on any atom is 0.261 e. The molecule has 8 heteroatoms. The van der Waals surface area contributed by atoms with Gasteiger partial charge in [-0.3, -0.25) is 0 Å². The SMILES string of the molecule is CNS(=O)(=O)c1ccc(N2CCN[C@H](CO[Si](c3ccccc3)(c3ccccc3)C(C)(C)C)C2)cc1. The second-order valence-corrected chi connectivity index (χ2v) is 16.5. The second-order valence-electron chi connectivity index (χ2n) is 10.3. The zero-order chi connectivity index (χ0) is 25.8. The molecular weight excluding hydrogens is 486 g/mol. The van der Waals surface area contributed by atoms with Gasteiger partial charge in [-0.15, -0.1) is 0 Å². The van der Waals surface area contributed by atoms with Crippen LogP contribution in [-0.4, -0.2) is 56.1 Å². The molecular formula is C28H37N3O3SSi. The molecule has 0 amide bonds. The molecule has 1 heterocycles. The minimum atomic E-state index is -3.44. The lowest BCUT2D eigenvalue weighted by molar-refractivity contribution is 0.242. The van der Waals surface area contributed by atoms with Crippen LogP contribution in [0.1, 0.15) is 20.8 Å². The molecule has 0 unspecified atom stereocenters. The van der Waals surface area contributed by atoms with E-state index in [0.717, 1.165) is 25.3 Å². The Morgan fingerprint density at radius 1 is 0.944 bits per heavy atom.